The van der Waals surface area contributed by atoms with E-state index < -0.39 is 0 Å². The van der Waals surface area contributed by atoms with Gasteiger partial charge in [0, 0.05) is 25.2 Å². The van der Waals surface area contributed by atoms with Gasteiger partial charge in [-0.25, -0.2) is 4.98 Å². The topological polar surface area (TPSA) is 59.6 Å². The highest BCUT2D eigenvalue weighted by atomic mass is 16.5. The number of imidazole rings is 1. The number of morpholine rings is 1. The fourth-order valence-corrected chi connectivity index (χ4v) is 3.41. The van der Waals surface area contributed by atoms with Gasteiger partial charge in [0.25, 0.3) is 0 Å². The van der Waals surface area contributed by atoms with Crippen LogP contribution in [-0.2, 0) is 4.74 Å². The minimum atomic E-state index is 0.586. The van der Waals surface area contributed by atoms with E-state index in [4.69, 9.17) is 19.2 Å². The second-order valence-electron chi connectivity index (χ2n) is 7.00. The third-order valence-corrected chi connectivity index (χ3v) is 4.92. The van der Waals surface area contributed by atoms with E-state index in [1.165, 1.54) is 5.56 Å². The van der Waals surface area contributed by atoms with E-state index in [2.05, 4.69) is 28.9 Å². The summed E-state index contributed by atoms with van der Waals surface area (Å²) in [5, 5.41) is 0. The van der Waals surface area contributed by atoms with Crippen LogP contribution < -0.4 is 9.47 Å². The average molecular weight is 381 g/mol. The average Bonchev–Trinajstić information content (AvgIpc) is 3.13. The lowest BCUT2D eigenvalue weighted by atomic mass is 10.2. The molecule has 0 amide bonds. The third-order valence-electron chi connectivity index (χ3n) is 4.92. The molecule has 0 unspecified atom stereocenters. The second-order valence-corrected chi connectivity index (χ2v) is 7.00. The largest absolute Gasteiger partial charge is 0.490 e. The van der Waals surface area contributed by atoms with Crippen LogP contribution in [0.1, 0.15) is 12.5 Å². The predicted molar refractivity (Wildman–Crippen MR) is 110 cm³/mol. The van der Waals surface area contributed by atoms with Gasteiger partial charge < -0.3 is 19.2 Å². The zero-order valence-corrected chi connectivity index (χ0v) is 16.5. The molecule has 0 atom stereocenters. The number of aromatic nitrogens is 2. The van der Waals surface area contributed by atoms with Crippen molar-refractivity contribution < 1.29 is 14.2 Å². The summed E-state index contributed by atoms with van der Waals surface area (Å²) in [5.41, 5.74) is 4.20. The van der Waals surface area contributed by atoms with E-state index in [0.29, 0.717) is 13.2 Å². The fourth-order valence-electron chi connectivity index (χ4n) is 3.41. The van der Waals surface area contributed by atoms with E-state index in [0.717, 1.165) is 66.8 Å². The van der Waals surface area contributed by atoms with Crippen LogP contribution in [0.25, 0.3) is 22.4 Å². The van der Waals surface area contributed by atoms with Gasteiger partial charge in [-0.05, 0) is 49.7 Å². The molecule has 0 radical (unpaired) electrons. The molecule has 0 saturated carbocycles. The molecule has 1 aromatic heterocycles. The molecule has 6 heteroatoms. The number of H-pyrrole nitrogens is 1. The van der Waals surface area contributed by atoms with Gasteiger partial charge in [0.1, 0.15) is 12.4 Å². The Kier molecular flexibility index (Phi) is 5.78. The van der Waals surface area contributed by atoms with E-state index in [1.807, 2.05) is 31.2 Å². The molecule has 4 rings (SSSR count). The van der Waals surface area contributed by atoms with Crippen LogP contribution in [0.4, 0.5) is 0 Å². The lowest BCUT2D eigenvalue weighted by Crippen LogP contribution is -2.38. The Bertz CT molecular complexity index is 932. The van der Waals surface area contributed by atoms with Gasteiger partial charge in [0.15, 0.2) is 11.5 Å². The van der Waals surface area contributed by atoms with Crippen LogP contribution in [0.15, 0.2) is 36.4 Å². The molecule has 6 nitrogen and oxygen atoms in total. The maximum atomic E-state index is 6.02. The number of fused-ring (bicyclic) bond motifs is 1. The Morgan fingerprint density at radius 2 is 1.93 bits per heavy atom. The molecular weight excluding hydrogens is 354 g/mol. The summed E-state index contributed by atoms with van der Waals surface area (Å²) in [6, 6.07) is 12.2. The summed E-state index contributed by atoms with van der Waals surface area (Å²) >= 11 is 0. The molecular formula is C22H27N3O3. The lowest BCUT2D eigenvalue weighted by Gasteiger charge is -2.26. The van der Waals surface area contributed by atoms with Crippen molar-refractivity contribution in [3.8, 4) is 22.9 Å². The fraction of sp³-hybridized carbons (Fsp3) is 0.409. The Hall–Kier alpha value is -2.57. The Labute approximate surface area is 165 Å². The first kappa shape index (κ1) is 18.8. The Balaban J connectivity index is 1.50. The highest BCUT2D eigenvalue weighted by Gasteiger charge is 2.13. The minimum absolute atomic E-state index is 0.586. The molecule has 0 spiro atoms. The summed E-state index contributed by atoms with van der Waals surface area (Å²) < 4.78 is 17.2. The van der Waals surface area contributed by atoms with Crippen molar-refractivity contribution in [1.82, 2.24) is 14.9 Å². The molecule has 1 N–H and O–H groups in total. The zero-order valence-electron chi connectivity index (χ0n) is 16.5. The number of hydrogen-bond donors (Lipinski definition) is 1. The van der Waals surface area contributed by atoms with E-state index in [9.17, 15) is 0 Å². The maximum Gasteiger partial charge on any atom is 0.161 e. The van der Waals surface area contributed by atoms with Crippen molar-refractivity contribution in [3.63, 3.8) is 0 Å². The lowest BCUT2D eigenvalue weighted by molar-refractivity contribution is 0.0321. The van der Waals surface area contributed by atoms with Gasteiger partial charge in [-0.15, -0.1) is 0 Å². The van der Waals surface area contributed by atoms with Crippen molar-refractivity contribution in [2.75, 3.05) is 46.1 Å². The molecule has 1 saturated heterocycles. The smallest absolute Gasteiger partial charge is 0.161 e. The minimum Gasteiger partial charge on any atom is -0.490 e. The van der Waals surface area contributed by atoms with E-state index in [-0.39, 0.29) is 0 Å². The van der Waals surface area contributed by atoms with Crippen LogP contribution in [0, 0.1) is 6.92 Å². The van der Waals surface area contributed by atoms with Crippen LogP contribution in [0.5, 0.6) is 11.5 Å². The number of aryl methyl sites for hydroxylation is 1. The monoisotopic (exact) mass is 381 g/mol. The van der Waals surface area contributed by atoms with Crippen LogP contribution in [-0.4, -0.2) is 60.9 Å². The van der Waals surface area contributed by atoms with Crippen LogP contribution >= 0.6 is 0 Å². The SMILES string of the molecule is CCOc1cc(-c2nc3ccc(C)cc3[nH]2)ccc1OCCN1CCOCC1. The van der Waals surface area contributed by atoms with Crippen LogP contribution in [0.2, 0.25) is 0 Å². The predicted octanol–water partition coefficient (Wildman–Crippen LogP) is 3.65. The first-order chi connectivity index (χ1) is 13.7. The molecule has 2 aromatic carbocycles. The van der Waals surface area contributed by atoms with E-state index >= 15 is 0 Å². The van der Waals surface area contributed by atoms with Crippen LogP contribution in [0.3, 0.4) is 0 Å². The number of nitrogens with zero attached hydrogens (tertiary/aromatic N) is 2. The molecule has 148 valence electrons. The van der Waals surface area contributed by atoms with Gasteiger partial charge >= 0.3 is 0 Å². The molecule has 2 heterocycles. The summed E-state index contributed by atoms with van der Waals surface area (Å²) in [6.07, 6.45) is 0. The molecule has 1 aliphatic heterocycles. The number of rotatable bonds is 7. The Morgan fingerprint density at radius 3 is 2.75 bits per heavy atom. The number of ether oxygens (including phenoxy) is 3. The quantitative estimate of drug-likeness (QED) is 0.677. The summed E-state index contributed by atoms with van der Waals surface area (Å²) in [7, 11) is 0. The molecule has 28 heavy (non-hydrogen) atoms. The van der Waals surface area contributed by atoms with Gasteiger partial charge in [0.2, 0.25) is 0 Å². The second kappa shape index (κ2) is 8.63. The number of hydrogen-bond acceptors (Lipinski definition) is 5. The highest BCUT2D eigenvalue weighted by molar-refractivity contribution is 5.80. The first-order valence-corrected chi connectivity index (χ1v) is 9.89. The van der Waals surface area contributed by atoms with E-state index in [1.54, 1.807) is 0 Å². The molecule has 1 aliphatic rings. The number of aromatic amines is 1. The Morgan fingerprint density at radius 1 is 1.07 bits per heavy atom. The van der Waals surface area contributed by atoms with Gasteiger partial charge in [0.05, 0.1) is 30.9 Å². The van der Waals surface area contributed by atoms with Crippen molar-refractivity contribution >= 4 is 11.0 Å². The third kappa shape index (κ3) is 4.29. The number of benzene rings is 2. The summed E-state index contributed by atoms with van der Waals surface area (Å²) in [4.78, 5) is 10.5. The highest BCUT2D eigenvalue weighted by Crippen LogP contribution is 2.32. The van der Waals surface area contributed by atoms with Crippen molar-refractivity contribution in [1.29, 1.82) is 0 Å². The van der Waals surface area contributed by atoms with Crippen molar-refractivity contribution in [2.45, 2.75) is 13.8 Å². The van der Waals surface area contributed by atoms with Crippen molar-refractivity contribution in [2.24, 2.45) is 0 Å². The van der Waals surface area contributed by atoms with Gasteiger partial charge in [-0.3, -0.25) is 4.90 Å². The van der Waals surface area contributed by atoms with Crippen molar-refractivity contribution in [3.05, 3.63) is 42.0 Å². The molecule has 1 fully saturated rings. The normalized spacial score (nSPS) is 15.1. The first-order valence-electron chi connectivity index (χ1n) is 9.89. The molecule has 0 aliphatic carbocycles. The maximum absolute atomic E-state index is 6.02. The summed E-state index contributed by atoms with van der Waals surface area (Å²) in [5.74, 6) is 2.35. The van der Waals surface area contributed by atoms with Gasteiger partial charge in [-0.2, -0.15) is 0 Å². The number of nitrogens with one attached hydrogen (secondary N) is 1. The standard InChI is InChI=1S/C22H27N3O3/c1-3-27-21-15-17(22-23-18-6-4-16(2)14-19(18)24-22)5-7-20(21)28-13-10-25-8-11-26-12-9-25/h4-7,14-15H,3,8-13H2,1-2H3,(H,23,24). The van der Waals surface area contributed by atoms with Gasteiger partial charge in [-0.1, -0.05) is 6.07 Å². The molecule has 0 bridgehead atoms. The summed E-state index contributed by atoms with van der Waals surface area (Å²) in [6.45, 7) is 9.69. The molecule has 3 aromatic rings. The zero-order chi connectivity index (χ0) is 19.3.